The summed E-state index contributed by atoms with van der Waals surface area (Å²) in [5.41, 5.74) is 1.19. The van der Waals surface area contributed by atoms with Crippen LogP contribution in [0.15, 0.2) is 36.5 Å². The van der Waals surface area contributed by atoms with Crippen molar-refractivity contribution < 1.29 is 4.57 Å². The third-order valence-electron chi connectivity index (χ3n) is 2.44. The molecule has 1 aromatic carbocycles. The second-order valence-corrected chi connectivity index (χ2v) is 4.91. The molecule has 76 valence electrons. The van der Waals surface area contributed by atoms with E-state index in [1.807, 2.05) is 19.2 Å². The summed E-state index contributed by atoms with van der Waals surface area (Å²) in [5.74, 6) is 0. The third-order valence-corrected chi connectivity index (χ3v) is 2.74. The molecule has 0 amide bonds. The van der Waals surface area contributed by atoms with Crippen molar-refractivity contribution in [3.05, 3.63) is 42.2 Å². The lowest BCUT2D eigenvalue weighted by Gasteiger charge is -2.01. The van der Waals surface area contributed by atoms with Crippen LogP contribution in [0.2, 0.25) is 0 Å². The predicted molar refractivity (Wildman–Crippen MR) is 70.4 cm³/mol. The quantitative estimate of drug-likeness (QED) is 0.475. The van der Waals surface area contributed by atoms with Gasteiger partial charge in [-0.05, 0) is 11.5 Å². The Morgan fingerprint density at radius 2 is 2.00 bits per heavy atom. The van der Waals surface area contributed by atoms with Gasteiger partial charge in [0.2, 0.25) is 0 Å². The molecule has 0 spiro atoms. The lowest BCUT2D eigenvalue weighted by molar-refractivity contribution is -0.677. The highest BCUT2D eigenvalue weighted by Crippen LogP contribution is 2.12. The van der Waals surface area contributed by atoms with E-state index in [0.29, 0.717) is 0 Å². The van der Waals surface area contributed by atoms with Crippen molar-refractivity contribution in [2.24, 2.45) is 7.05 Å². The second-order valence-electron chi connectivity index (χ2n) is 3.58. The predicted octanol–water partition coefficient (Wildman–Crippen LogP) is 2.46. The fraction of sp³-hybridized carbons (Fsp3) is 0.167. The number of aromatic nitrogens is 1. The molecule has 0 N–H and O–H groups in total. The van der Waals surface area contributed by atoms with Gasteiger partial charge in [0.25, 0.3) is 0 Å². The van der Waals surface area contributed by atoms with Gasteiger partial charge in [-0.1, -0.05) is 30.4 Å². The SMILES string of the molecule is C[n+]1cc2ccccc2cc1CC(=S)S. The number of thiocarbonyl (C=S) groups is 1. The molecule has 0 bridgehead atoms. The fourth-order valence-electron chi connectivity index (χ4n) is 1.66. The van der Waals surface area contributed by atoms with E-state index in [2.05, 4.69) is 41.6 Å². The molecule has 0 aliphatic rings. The van der Waals surface area contributed by atoms with Crippen molar-refractivity contribution in [3.63, 3.8) is 0 Å². The number of rotatable bonds is 2. The minimum atomic E-state index is 0.723. The van der Waals surface area contributed by atoms with Gasteiger partial charge in [-0.15, -0.1) is 12.6 Å². The van der Waals surface area contributed by atoms with Crippen LogP contribution in [0.5, 0.6) is 0 Å². The number of aryl methyl sites for hydroxylation is 1. The molecule has 0 atom stereocenters. The highest BCUT2D eigenvalue weighted by molar-refractivity contribution is 8.11. The van der Waals surface area contributed by atoms with Gasteiger partial charge in [0.15, 0.2) is 11.9 Å². The van der Waals surface area contributed by atoms with Crippen molar-refractivity contribution in [2.45, 2.75) is 6.42 Å². The summed E-state index contributed by atoms with van der Waals surface area (Å²) in [4.78, 5) is 0. The molecule has 2 rings (SSSR count). The Hall–Kier alpha value is -0.930. The van der Waals surface area contributed by atoms with Crippen LogP contribution in [0.4, 0.5) is 0 Å². The van der Waals surface area contributed by atoms with Crippen molar-refractivity contribution in [1.82, 2.24) is 0 Å². The second kappa shape index (κ2) is 4.29. The number of hydrogen-bond donors (Lipinski definition) is 1. The number of fused-ring (bicyclic) bond motifs is 1. The number of nitrogens with zero attached hydrogens (tertiary/aromatic N) is 1. The zero-order chi connectivity index (χ0) is 10.8. The summed E-state index contributed by atoms with van der Waals surface area (Å²) in [6, 6.07) is 10.5. The molecule has 0 aliphatic carbocycles. The molecule has 1 nitrogen and oxygen atoms in total. The molecule has 2 aromatic rings. The molecule has 0 saturated carbocycles. The minimum Gasteiger partial charge on any atom is -0.204 e. The summed E-state index contributed by atoms with van der Waals surface area (Å²) >= 11 is 9.18. The number of hydrogen-bond acceptors (Lipinski definition) is 1. The van der Waals surface area contributed by atoms with Crippen molar-refractivity contribution in [2.75, 3.05) is 0 Å². The Labute approximate surface area is 100 Å². The molecule has 3 heteroatoms. The lowest BCUT2D eigenvalue weighted by atomic mass is 10.1. The maximum absolute atomic E-state index is 5.01. The van der Waals surface area contributed by atoms with Gasteiger partial charge in [-0.25, -0.2) is 4.57 Å². The smallest absolute Gasteiger partial charge is 0.187 e. The first-order chi connectivity index (χ1) is 7.16. The van der Waals surface area contributed by atoms with E-state index < -0.39 is 0 Å². The van der Waals surface area contributed by atoms with Crippen LogP contribution in [0, 0.1) is 0 Å². The minimum absolute atomic E-state index is 0.723. The zero-order valence-corrected chi connectivity index (χ0v) is 10.2. The summed E-state index contributed by atoms with van der Waals surface area (Å²) in [7, 11) is 2.04. The van der Waals surface area contributed by atoms with E-state index in [4.69, 9.17) is 12.2 Å². The van der Waals surface area contributed by atoms with Crippen LogP contribution in [0.3, 0.4) is 0 Å². The van der Waals surface area contributed by atoms with Gasteiger partial charge >= 0.3 is 0 Å². The first kappa shape index (κ1) is 10.6. The zero-order valence-electron chi connectivity index (χ0n) is 8.47. The molecular formula is C12H12NS2+. The number of benzene rings is 1. The molecule has 1 heterocycles. The molecule has 0 fully saturated rings. The van der Waals surface area contributed by atoms with Crippen LogP contribution in [0.1, 0.15) is 5.69 Å². The van der Waals surface area contributed by atoms with E-state index in [0.717, 1.165) is 10.6 Å². The van der Waals surface area contributed by atoms with Crippen LogP contribution >= 0.6 is 24.8 Å². The molecule has 0 unspecified atom stereocenters. The Balaban J connectivity index is 2.56. The standard InChI is InChI=1S/C12H11NS2/c1-13-8-10-5-3-2-4-9(10)6-11(13)7-12(14)15/h2-6,8H,7H2,1H3/p+1. The lowest BCUT2D eigenvalue weighted by Crippen LogP contribution is -2.33. The third kappa shape index (κ3) is 2.36. The molecule has 1 aromatic heterocycles. The van der Waals surface area contributed by atoms with E-state index in [9.17, 15) is 0 Å². The topological polar surface area (TPSA) is 3.88 Å². The largest absolute Gasteiger partial charge is 0.204 e. The van der Waals surface area contributed by atoms with E-state index in [1.54, 1.807) is 0 Å². The van der Waals surface area contributed by atoms with Gasteiger partial charge in [0.1, 0.15) is 7.05 Å². The highest BCUT2D eigenvalue weighted by atomic mass is 32.1. The van der Waals surface area contributed by atoms with Crippen LogP contribution in [0.25, 0.3) is 10.8 Å². The fourth-order valence-corrected chi connectivity index (χ4v) is 1.97. The van der Waals surface area contributed by atoms with Gasteiger partial charge in [-0.2, -0.15) is 0 Å². The van der Waals surface area contributed by atoms with Crippen LogP contribution in [-0.2, 0) is 13.5 Å². The Morgan fingerprint density at radius 1 is 1.33 bits per heavy atom. The first-order valence-electron chi connectivity index (χ1n) is 4.76. The van der Waals surface area contributed by atoms with Gasteiger partial charge in [-0.3, -0.25) is 0 Å². The normalized spacial score (nSPS) is 10.5. The number of pyridine rings is 1. The van der Waals surface area contributed by atoms with Crippen LogP contribution < -0.4 is 4.57 Å². The van der Waals surface area contributed by atoms with E-state index in [1.165, 1.54) is 16.5 Å². The molecular weight excluding hydrogens is 222 g/mol. The van der Waals surface area contributed by atoms with Gasteiger partial charge in [0.05, 0.1) is 10.6 Å². The Bertz CT molecular complexity index is 520. The average molecular weight is 234 g/mol. The van der Waals surface area contributed by atoms with Crippen LogP contribution in [-0.4, -0.2) is 4.20 Å². The Kier molecular flexibility index (Phi) is 3.03. The molecule has 0 saturated heterocycles. The average Bonchev–Trinajstić information content (AvgIpc) is 2.18. The summed E-state index contributed by atoms with van der Waals surface area (Å²) in [5, 5.41) is 2.49. The first-order valence-corrected chi connectivity index (χ1v) is 5.61. The van der Waals surface area contributed by atoms with E-state index >= 15 is 0 Å². The maximum Gasteiger partial charge on any atom is 0.187 e. The van der Waals surface area contributed by atoms with Gasteiger partial charge < -0.3 is 0 Å². The maximum atomic E-state index is 5.01. The highest BCUT2D eigenvalue weighted by Gasteiger charge is 2.09. The summed E-state index contributed by atoms with van der Waals surface area (Å²) < 4.78 is 2.83. The monoisotopic (exact) mass is 234 g/mol. The summed E-state index contributed by atoms with van der Waals surface area (Å²) in [6.45, 7) is 0. The number of thiol groups is 1. The van der Waals surface area contributed by atoms with Gasteiger partial charge in [0, 0.05) is 11.5 Å². The molecule has 0 radical (unpaired) electrons. The molecule has 0 aliphatic heterocycles. The Morgan fingerprint density at radius 3 is 2.67 bits per heavy atom. The van der Waals surface area contributed by atoms with Crippen molar-refractivity contribution >= 4 is 39.8 Å². The van der Waals surface area contributed by atoms with E-state index in [-0.39, 0.29) is 0 Å². The van der Waals surface area contributed by atoms with Crippen molar-refractivity contribution in [3.8, 4) is 0 Å². The summed E-state index contributed by atoms with van der Waals surface area (Å²) in [6.07, 6.45) is 2.86. The van der Waals surface area contributed by atoms with Crippen molar-refractivity contribution in [1.29, 1.82) is 0 Å². The molecule has 15 heavy (non-hydrogen) atoms.